The van der Waals surface area contributed by atoms with Crippen molar-refractivity contribution >= 4 is 0 Å². The van der Waals surface area contributed by atoms with Crippen LogP contribution in [-0.2, 0) is 51.4 Å². The summed E-state index contributed by atoms with van der Waals surface area (Å²) < 4.78 is 0. The molecule has 0 fully saturated rings. The zero-order valence-corrected chi connectivity index (χ0v) is 45.8. The molecule has 0 radical (unpaired) electrons. The monoisotopic (exact) mass is 1050 g/mol. The molecule has 0 aromatic heterocycles. The van der Waals surface area contributed by atoms with Crippen molar-refractivity contribution in [1.82, 2.24) is 0 Å². The zero-order valence-electron chi connectivity index (χ0n) is 45.8. The Labute approximate surface area is 467 Å². The maximum absolute atomic E-state index is 12.0. The number of phenols is 8. The number of fused-ring (bicyclic) bond motifs is 16. The van der Waals surface area contributed by atoms with Crippen LogP contribution in [0.2, 0.25) is 0 Å². The summed E-state index contributed by atoms with van der Waals surface area (Å²) in [4.78, 5) is 0. The molecule has 9 aromatic carbocycles. The van der Waals surface area contributed by atoms with Crippen LogP contribution in [0.25, 0.3) is 0 Å². The minimum atomic E-state index is 0.0606. The second-order valence-electron chi connectivity index (χ2n) is 22.4. The van der Waals surface area contributed by atoms with E-state index < -0.39 is 0 Å². The topological polar surface area (TPSA) is 162 Å². The Morgan fingerprint density at radius 3 is 0.475 bits per heavy atom. The predicted molar refractivity (Wildman–Crippen MR) is 314 cm³/mol. The molecule has 2 aliphatic carbocycles. The van der Waals surface area contributed by atoms with Crippen LogP contribution in [0, 0.1) is 65.2 Å². The Kier molecular flexibility index (Phi) is 13.8. The zero-order chi connectivity index (χ0) is 56.3. The molecule has 0 spiro atoms. The van der Waals surface area contributed by atoms with Crippen molar-refractivity contribution in [2.45, 2.75) is 92.9 Å². The van der Waals surface area contributed by atoms with Crippen molar-refractivity contribution in [3.63, 3.8) is 0 Å². The van der Waals surface area contributed by atoms with Crippen LogP contribution in [0.15, 0.2) is 121 Å². The van der Waals surface area contributed by atoms with Crippen molar-refractivity contribution in [2.75, 3.05) is 0 Å². The van der Waals surface area contributed by atoms with Crippen LogP contribution < -0.4 is 0 Å². The summed E-state index contributed by atoms with van der Waals surface area (Å²) in [6.45, 7) is 11.8. The fourth-order valence-electron chi connectivity index (χ4n) is 12.0. The van der Waals surface area contributed by atoms with Gasteiger partial charge >= 0.3 is 0 Å². The Morgan fingerprint density at radius 2 is 0.325 bits per heavy atom. The number of rotatable bonds is 0. The highest BCUT2D eigenvalue weighted by molar-refractivity contribution is 5.62. The molecule has 16 bridgehead atoms. The lowest BCUT2D eigenvalue weighted by Crippen LogP contribution is -2.03. The highest BCUT2D eigenvalue weighted by atomic mass is 16.3. The van der Waals surface area contributed by atoms with Gasteiger partial charge in [0, 0.05) is 73.6 Å². The van der Waals surface area contributed by atoms with Gasteiger partial charge in [-0.15, -0.1) is 0 Å². The summed E-state index contributed by atoms with van der Waals surface area (Å²) in [5.74, 6) is 14.1. The summed E-state index contributed by atoms with van der Waals surface area (Å²) in [6.07, 6.45) is 1.94. The molecule has 8 heteroatoms. The van der Waals surface area contributed by atoms with Crippen LogP contribution >= 0.6 is 0 Å². The number of phenolic OH excluding ortho intramolecular Hbond substituents is 8. The molecule has 80 heavy (non-hydrogen) atoms. The Morgan fingerprint density at radius 1 is 0.200 bits per heavy atom. The molecule has 0 aliphatic heterocycles. The van der Waals surface area contributed by atoms with Gasteiger partial charge in [-0.2, -0.15) is 0 Å². The standard InChI is InChI=1S/C72H62O8/c1-39-15-49-31-53-19-41(3)23-57(67(53)75)35-61-27-47(28-62(71(61)79)36-58-24-42(4)20-54(68(58)76)32-50(16-39)65(49)73)13-11-45-7-9-46(10-8-45)12-14-48-29-63-37-59-25-43(5)21-55(69(59)77)33-51-17-40(2)18-52(66(51)74)34-56-22-44(6)26-60(70(56)78)38-64(30-48)72(63)80/h7-10,15-30,73-80H,31-38H2,1-6H3. The molecule has 9 aromatic rings. The maximum atomic E-state index is 12.0. The predicted octanol–water partition coefficient (Wildman–Crippen LogP) is 13.3. The van der Waals surface area contributed by atoms with Gasteiger partial charge in [0.2, 0.25) is 0 Å². The number of hydrogen-bond donors (Lipinski definition) is 8. The molecular formula is C72H62O8. The maximum Gasteiger partial charge on any atom is 0.122 e. The molecule has 8 nitrogen and oxygen atoms in total. The van der Waals surface area contributed by atoms with Crippen LogP contribution in [0.3, 0.4) is 0 Å². The minimum absolute atomic E-state index is 0.0606. The lowest BCUT2D eigenvalue weighted by Gasteiger charge is -2.19. The summed E-state index contributed by atoms with van der Waals surface area (Å²) in [5, 5.41) is 94.4. The van der Waals surface area contributed by atoms with Gasteiger partial charge in [-0.25, -0.2) is 0 Å². The smallest absolute Gasteiger partial charge is 0.122 e. The molecule has 8 N–H and O–H groups in total. The molecule has 0 atom stereocenters. The summed E-state index contributed by atoms with van der Waals surface area (Å²) >= 11 is 0. The number of aromatic hydroxyl groups is 8. The van der Waals surface area contributed by atoms with Gasteiger partial charge in [0.25, 0.3) is 0 Å². The van der Waals surface area contributed by atoms with Gasteiger partial charge in [-0.05, 0) is 179 Å². The highest BCUT2D eigenvalue weighted by Crippen LogP contribution is 2.42. The molecule has 0 saturated carbocycles. The average molecular weight is 1060 g/mol. The van der Waals surface area contributed by atoms with Crippen molar-refractivity contribution in [1.29, 1.82) is 0 Å². The molecule has 398 valence electrons. The van der Waals surface area contributed by atoms with Crippen molar-refractivity contribution < 1.29 is 40.9 Å². The van der Waals surface area contributed by atoms with E-state index in [2.05, 4.69) is 23.7 Å². The third-order valence-electron chi connectivity index (χ3n) is 15.6. The Balaban J connectivity index is 0.933. The fraction of sp³-hybridized carbons (Fsp3) is 0.194. The van der Waals surface area contributed by atoms with Gasteiger partial charge in [0.15, 0.2) is 0 Å². The first kappa shape index (κ1) is 52.5. The second kappa shape index (κ2) is 21.0. The lowest BCUT2D eigenvalue weighted by atomic mass is 9.89. The number of hydrogen-bond acceptors (Lipinski definition) is 8. The fourth-order valence-corrected chi connectivity index (χ4v) is 12.0. The van der Waals surface area contributed by atoms with E-state index in [0.29, 0.717) is 100 Å². The van der Waals surface area contributed by atoms with E-state index in [-0.39, 0.29) is 97.4 Å². The molecule has 2 aliphatic rings. The van der Waals surface area contributed by atoms with Crippen LogP contribution in [0.5, 0.6) is 46.0 Å². The largest absolute Gasteiger partial charge is 0.507 e. The van der Waals surface area contributed by atoms with E-state index in [1.165, 1.54) is 0 Å². The van der Waals surface area contributed by atoms with Gasteiger partial charge in [-0.3, -0.25) is 0 Å². The first-order valence-corrected chi connectivity index (χ1v) is 27.0. The highest BCUT2D eigenvalue weighted by Gasteiger charge is 2.24. The first-order chi connectivity index (χ1) is 38.3. The average Bonchev–Trinajstić information content (AvgIpc) is 3.40. The number of benzene rings is 9. The van der Waals surface area contributed by atoms with E-state index in [9.17, 15) is 40.9 Å². The van der Waals surface area contributed by atoms with Crippen molar-refractivity contribution in [2.24, 2.45) is 0 Å². The van der Waals surface area contributed by atoms with Gasteiger partial charge in [-0.1, -0.05) is 130 Å². The summed E-state index contributed by atoms with van der Waals surface area (Å²) in [6, 6.07) is 38.0. The normalized spacial score (nSPS) is 12.7. The minimum Gasteiger partial charge on any atom is -0.507 e. The lowest BCUT2D eigenvalue weighted by molar-refractivity contribution is 0.448. The molecule has 0 heterocycles. The molecule has 0 saturated heterocycles. The van der Waals surface area contributed by atoms with E-state index in [4.69, 9.17) is 0 Å². The van der Waals surface area contributed by atoms with Gasteiger partial charge in [0.1, 0.15) is 46.0 Å². The van der Waals surface area contributed by atoms with E-state index >= 15 is 0 Å². The van der Waals surface area contributed by atoms with Crippen LogP contribution in [0.4, 0.5) is 0 Å². The van der Waals surface area contributed by atoms with Crippen molar-refractivity contribution in [3.8, 4) is 69.7 Å². The summed E-state index contributed by atoms with van der Waals surface area (Å²) in [5.41, 5.74) is 18.5. The van der Waals surface area contributed by atoms with Gasteiger partial charge in [0.05, 0.1) is 0 Å². The number of aryl methyl sites for hydroxylation is 6. The molecule has 0 unspecified atom stereocenters. The Bertz CT molecular complexity index is 3690. The third kappa shape index (κ3) is 10.7. The first-order valence-electron chi connectivity index (χ1n) is 27.0. The quantitative estimate of drug-likeness (QED) is 0.0697. The third-order valence-corrected chi connectivity index (χ3v) is 15.6. The van der Waals surface area contributed by atoms with Crippen LogP contribution in [-0.4, -0.2) is 40.9 Å². The molecule has 0 amide bonds. The second-order valence-corrected chi connectivity index (χ2v) is 22.4. The Hall–Kier alpha value is -9.50. The van der Waals surface area contributed by atoms with E-state index in [0.717, 1.165) is 44.5 Å². The molecular weight excluding hydrogens is 993 g/mol. The van der Waals surface area contributed by atoms with Crippen molar-refractivity contribution in [3.05, 3.63) is 266 Å². The SMILES string of the molecule is Cc1cc2c(O)c(c1)Cc1cc(C)cc(c1O)Cc1cc(C#Cc3ccc(C#Cc4cc5c(O)c(c4)Cc4cc(C)cc(c4O)Cc4cc(C)cc(c4O)Cc4cc(C)cc(c4O)C5)cc3)cc(c1O)Cc1cc(C)cc(c1O)C2. The van der Waals surface area contributed by atoms with E-state index in [1.807, 2.05) is 163 Å². The summed E-state index contributed by atoms with van der Waals surface area (Å²) in [7, 11) is 0. The van der Waals surface area contributed by atoms with E-state index in [1.54, 1.807) is 0 Å². The molecule has 11 rings (SSSR count). The van der Waals surface area contributed by atoms with Crippen LogP contribution in [0.1, 0.15) is 145 Å². The van der Waals surface area contributed by atoms with Gasteiger partial charge < -0.3 is 40.9 Å².